The molecule has 42 heavy (non-hydrogen) atoms. The predicted octanol–water partition coefficient (Wildman–Crippen LogP) is 7.18. The van der Waals surface area contributed by atoms with E-state index in [0.717, 1.165) is 16.7 Å². The van der Waals surface area contributed by atoms with Crippen LogP contribution in [0.15, 0.2) is 72.3 Å². The SMILES string of the molecule is CC(=O)N[C@H]([C@H]1C(CO[Si](C)(C)C(C)(C)C)=CC[C@@H](OCc2ccccc2)[C@@H]1OCc1ccccc1)[C@](C)(O)C(Cl)Cl. The molecule has 0 heterocycles. The molecule has 0 fully saturated rings. The lowest BCUT2D eigenvalue weighted by Crippen LogP contribution is -2.63. The number of amides is 1. The van der Waals surface area contributed by atoms with Crippen LogP contribution in [0.2, 0.25) is 18.1 Å². The van der Waals surface area contributed by atoms with E-state index in [-0.39, 0.29) is 17.0 Å². The van der Waals surface area contributed by atoms with E-state index in [9.17, 15) is 9.90 Å². The Bertz CT molecular complexity index is 1170. The zero-order chi connectivity index (χ0) is 31.1. The summed E-state index contributed by atoms with van der Waals surface area (Å²) in [4.78, 5) is 11.4. The first kappa shape index (κ1) is 34.8. The molecule has 9 heteroatoms. The second kappa shape index (κ2) is 14.8. The highest BCUT2D eigenvalue weighted by Gasteiger charge is 2.51. The molecule has 0 aliphatic heterocycles. The largest absolute Gasteiger partial charge is 0.413 e. The summed E-state index contributed by atoms with van der Waals surface area (Å²) in [6.45, 7) is 15.0. The third-order valence-corrected chi connectivity index (χ3v) is 13.9. The van der Waals surface area contributed by atoms with Gasteiger partial charge in [0.15, 0.2) is 8.32 Å². The number of carbonyl (C=O) groups is 1. The third kappa shape index (κ3) is 9.15. The van der Waals surface area contributed by atoms with Crippen molar-refractivity contribution in [2.75, 3.05) is 6.61 Å². The summed E-state index contributed by atoms with van der Waals surface area (Å²) in [5, 5.41) is 14.7. The van der Waals surface area contributed by atoms with Gasteiger partial charge in [-0.3, -0.25) is 4.79 Å². The van der Waals surface area contributed by atoms with Crippen LogP contribution in [0, 0.1) is 5.92 Å². The maximum absolute atomic E-state index is 12.6. The van der Waals surface area contributed by atoms with E-state index >= 15 is 0 Å². The molecule has 6 nitrogen and oxygen atoms in total. The monoisotopic (exact) mass is 635 g/mol. The zero-order valence-electron chi connectivity index (χ0n) is 25.9. The Morgan fingerprint density at radius 2 is 1.48 bits per heavy atom. The highest BCUT2D eigenvalue weighted by molar-refractivity contribution is 6.74. The average molecular weight is 637 g/mol. The Labute approximate surface area is 262 Å². The van der Waals surface area contributed by atoms with Crippen molar-refractivity contribution in [1.29, 1.82) is 0 Å². The van der Waals surface area contributed by atoms with Gasteiger partial charge in [0.1, 0.15) is 10.4 Å². The molecule has 0 saturated carbocycles. The van der Waals surface area contributed by atoms with E-state index < -0.39 is 36.8 Å². The normalized spacial score (nSPS) is 21.9. The number of rotatable bonds is 13. The van der Waals surface area contributed by atoms with Crippen molar-refractivity contribution in [3.8, 4) is 0 Å². The topological polar surface area (TPSA) is 77.0 Å². The molecular weight excluding hydrogens is 589 g/mol. The average Bonchev–Trinajstić information content (AvgIpc) is 2.93. The zero-order valence-corrected chi connectivity index (χ0v) is 28.4. The number of nitrogens with one attached hydrogen (secondary N) is 1. The molecule has 0 saturated heterocycles. The standard InChI is InChI=1S/C33H47Cl2NO5Si/c1-23(37)36-30(33(5,38)31(34)35)28-26(22-41-42(6,7)32(2,3)4)18-19-27(39-20-24-14-10-8-11-15-24)29(28)40-21-25-16-12-9-13-17-25/h8-18,27-31,38H,19-22H2,1-7H3,(H,36,37)/t27-,28+,29+,30-,33+/m1/s1. The maximum atomic E-state index is 12.6. The number of alkyl halides is 2. The first-order valence-electron chi connectivity index (χ1n) is 14.5. The van der Waals surface area contributed by atoms with E-state index in [1.54, 1.807) is 6.92 Å². The smallest absolute Gasteiger partial charge is 0.217 e. The number of hydrogen-bond acceptors (Lipinski definition) is 5. The second-order valence-corrected chi connectivity index (χ2v) is 18.8. The molecule has 2 N–H and O–H groups in total. The summed E-state index contributed by atoms with van der Waals surface area (Å²) >= 11 is 12.7. The molecule has 0 unspecified atom stereocenters. The highest BCUT2D eigenvalue weighted by Crippen LogP contribution is 2.42. The lowest BCUT2D eigenvalue weighted by atomic mass is 9.73. The molecule has 0 spiro atoms. The summed E-state index contributed by atoms with van der Waals surface area (Å²) in [6.07, 6.45) is 1.77. The summed E-state index contributed by atoms with van der Waals surface area (Å²) in [5.41, 5.74) is 1.27. The van der Waals surface area contributed by atoms with Gasteiger partial charge in [0.2, 0.25) is 5.91 Å². The minimum atomic E-state index is -2.14. The quantitative estimate of drug-likeness (QED) is 0.138. The maximum Gasteiger partial charge on any atom is 0.217 e. The van der Waals surface area contributed by atoms with Gasteiger partial charge < -0.3 is 24.3 Å². The van der Waals surface area contributed by atoms with Crippen molar-refractivity contribution < 1.29 is 23.8 Å². The number of benzene rings is 2. The van der Waals surface area contributed by atoms with Crippen molar-refractivity contribution in [2.24, 2.45) is 5.92 Å². The first-order valence-corrected chi connectivity index (χ1v) is 18.3. The molecule has 1 amide bonds. The van der Waals surface area contributed by atoms with Crippen molar-refractivity contribution in [1.82, 2.24) is 5.32 Å². The van der Waals surface area contributed by atoms with Crippen molar-refractivity contribution in [3.05, 3.63) is 83.4 Å². The van der Waals surface area contributed by atoms with Gasteiger partial charge in [-0.1, -0.05) is 87.5 Å². The molecule has 3 rings (SSSR count). The van der Waals surface area contributed by atoms with Crippen LogP contribution in [0.5, 0.6) is 0 Å². The number of hydrogen-bond donors (Lipinski definition) is 2. The lowest BCUT2D eigenvalue weighted by Gasteiger charge is -2.47. The van der Waals surface area contributed by atoms with Crippen LogP contribution in [-0.4, -0.2) is 54.6 Å². The minimum Gasteiger partial charge on any atom is -0.413 e. The van der Waals surface area contributed by atoms with Crippen LogP contribution in [0.3, 0.4) is 0 Å². The molecule has 1 aliphatic rings. The second-order valence-electron chi connectivity index (χ2n) is 12.9. The molecule has 2 aromatic carbocycles. The van der Waals surface area contributed by atoms with Gasteiger partial charge in [-0.15, -0.1) is 23.2 Å². The Hall–Kier alpha value is -1.71. The van der Waals surface area contributed by atoms with Crippen LogP contribution >= 0.6 is 23.2 Å². The molecule has 0 bridgehead atoms. The Balaban J connectivity index is 2.07. The van der Waals surface area contributed by atoms with Gasteiger partial charge in [-0.05, 0) is 48.2 Å². The van der Waals surface area contributed by atoms with Crippen molar-refractivity contribution >= 4 is 37.4 Å². The predicted molar refractivity (Wildman–Crippen MR) is 173 cm³/mol. The van der Waals surface area contributed by atoms with Crippen LogP contribution in [0.1, 0.15) is 52.2 Å². The highest BCUT2D eigenvalue weighted by atomic mass is 35.5. The first-order chi connectivity index (χ1) is 19.6. The van der Waals surface area contributed by atoms with E-state index in [2.05, 4.69) is 45.3 Å². The van der Waals surface area contributed by atoms with Gasteiger partial charge in [0.05, 0.1) is 38.1 Å². The van der Waals surface area contributed by atoms with Gasteiger partial charge in [-0.2, -0.15) is 0 Å². The fourth-order valence-corrected chi connectivity index (χ4v) is 6.12. The van der Waals surface area contributed by atoms with E-state index in [1.165, 1.54) is 6.92 Å². The van der Waals surface area contributed by atoms with Crippen molar-refractivity contribution in [3.63, 3.8) is 0 Å². The number of ether oxygens (including phenoxy) is 2. The summed E-state index contributed by atoms with van der Waals surface area (Å²) in [7, 11) is -2.14. The van der Waals surface area contributed by atoms with Crippen LogP contribution in [0.25, 0.3) is 0 Å². The molecule has 2 aromatic rings. The molecule has 1 aliphatic carbocycles. The third-order valence-electron chi connectivity index (χ3n) is 8.55. The fourth-order valence-electron chi connectivity index (χ4n) is 4.89. The summed E-state index contributed by atoms with van der Waals surface area (Å²) in [6, 6.07) is 19.0. The molecule has 5 atom stereocenters. The number of halogens is 2. The van der Waals surface area contributed by atoms with Crippen LogP contribution < -0.4 is 5.32 Å². The Kier molecular flexibility index (Phi) is 12.3. The number of aliphatic hydroxyl groups is 1. The fraction of sp³-hybridized carbons (Fsp3) is 0.545. The van der Waals surface area contributed by atoms with Gasteiger partial charge in [0, 0.05) is 12.8 Å². The van der Waals surface area contributed by atoms with Crippen LogP contribution in [0.4, 0.5) is 0 Å². The van der Waals surface area contributed by atoms with E-state index in [4.69, 9.17) is 37.1 Å². The minimum absolute atomic E-state index is 0.00215. The van der Waals surface area contributed by atoms with E-state index in [1.807, 2.05) is 60.7 Å². The molecule has 0 radical (unpaired) electrons. The molecular formula is C33H47Cl2NO5Si. The van der Waals surface area contributed by atoms with Gasteiger partial charge >= 0.3 is 0 Å². The molecule has 0 aromatic heterocycles. The molecule has 232 valence electrons. The van der Waals surface area contributed by atoms with Gasteiger partial charge in [0.25, 0.3) is 0 Å². The van der Waals surface area contributed by atoms with Crippen LogP contribution in [-0.2, 0) is 31.9 Å². The number of carbonyl (C=O) groups excluding carboxylic acids is 1. The Morgan fingerprint density at radius 1 is 0.952 bits per heavy atom. The van der Waals surface area contributed by atoms with Crippen molar-refractivity contribution in [2.45, 2.75) is 101 Å². The van der Waals surface area contributed by atoms with E-state index in [0.29, 0.717) is 26.2 Å². The Morgan fingerprint density at radius 3 is 1.95 bits per heavy atom. The summed E-state index contributed by atoms with van der Waals surface area (Å²) in [5.74, 6) is -0.847. The van der Waals surface area contributed by atoms with Gasteiger partial charge in [-0.25, -0.2) is 0 Å². The lowest BCUT2D eigenvalue weighted by molar-refractivity contribution is -0.136. The summed E-state index contributed by atoms with van der Waals surface area (Å²) < 4.78 is 19.9.